The summed E-state index contributed by atoms with van der Waals surface area (Å²) in [5.41, 5.74) is 7.70. The molecule has 7 nitrogen and oxygen atoms in total. The molecule has 0 fully saturated rings. The number of amides is 1. The first-order chi connectivity index (χ1) is 9.54. The Kier molecular flexibility index (Phi) is 4.39. The van der Waals surface area contributed by atoms with Gasteiger partial charge in [-0.2, -0.15) is 5.10 Å². The van der Waals surface area contributed by atoms with Crippen molar-refractivity contribution >= 4 is 11.9 Å². The van der Waals surface area contributed by atoms with Crippen LogP contribution in [0.5, 0.6) is 0 Å². The molecule has 1 aromatic rings. The molecule has 0 bridgehead atoms. The number of hydrogen-bond donors (Lipinski definition) is 2. The fourth-order valence-electron chi connectivity index (χ4n) is 2.46. The Morgan fingerprint density at radius 3 is 3.10 bits per heavy atom. The molecule has 1 aliphatic rings. The van der Waals surface area contributed by atoms with Crippen LogP contribution in [0.2, 0.25) is 0 Å². The average molecular weight is 280 g/mol. The number of carbonyl (C=O) groups excluding carboxylic acids is 2. The smallest absolute Gasteiger partial charge is 0.332 e. The van der Waals surface area contributed by atoms with E-state index in [1.54, 1.807) is 13.1 Å². The van der Waals surface area contributed by atoms with Gasteiger partial charge in [-0.25, -0.2) is 4.79 Å². The fourth-order valence-corrected chi connectivity index (χ4v) is 2.46. The van der Waals surface area contributed by atoms with Crippen LogP contribution in [0.25, 0.3) is 0 Å². The summed E-state index contributed by atoms with van der Waals surface area (Å²) in [4.78, 5) is 23.4. The van der Waals surface area contributed by atoms with E-state index in [4.69, 9.17) is 10.5 Å². The molecule has 110 valence electrons. The third kappa shape index (κ3) is 2.82. The lowest BCUT2D eigenvalue weighted by molar-refractivity contribution is -0.148. The molecule has 0 saturated carbocycles. The van der Waals surface area contributed by atoms with Crippen molar-refractivity contribution in [2.75, 3.05) is 6.61 Å². The maximum Gasteiger partial charge on any atom is 0.332 e. The van der Waals surface area contributed by atoms with Crippen molar-refractivity contribution in [2.24, 2.45) is 12.8 Å². The lowest BCUT2D eigenvalue weighted by atomic mass is 9.93. The van der Waals surface area contributed by atoms with E-state index in [1.807, 2.05) is 11.7 Å². The van der Waals surface area contributed by atoms with Gasteiger partial charge in [0.25, 0.3) is 0 Å². The SMILES string of the molecule is CCOC(=O)C(N)C(=O)NC1CCCc2c1cnn2C. The van der Waals surface area contributed by atoms with Crippen LogP contribution < -0.4 is 11.1 Å². The van der Waals surface area contributed by atoms with Gasteiger partial charge in [0.15, 0.2) is 6.04 Å². The highest BCUT2D eigenvalue weighted by Crippen LogP contribution is 2.29. The molecule has 20 heavy (non-hydrogen) atoms. The second-order valence-corrected chi connectivity index (χ2v) is 4.85. The number of fused-ring (bicyclic) bond motifs is 1. The topological polar surface area (TPSA) is 99.2 Å². The van der Waals surface area contributed by atoms with Crippen molar-refractivity contribution in [3.8, 4) is 0 Å². The standard InChI is InChI=1S/C13H20N4O3/c1-3-20-13(19)11(14)12(18)16-9-5-4-6-10-8(9)7-15-17(10)2/h7,9,11H,3-6,14H2,1-2H3,(H,16,18). The Bertz CT molecular complexity index is 512. The quantitative estimate of drug-likeness (QED) is 0.588. The second kappa shape index (κ2) is 6.04. The molecule has 1 aromatic heterocycles. The van der Waals surface area contributed by atoms with Crippen LogP contribution >= 0.6 is 0 Å². The zero-order chi connectivity index (χ0) is 14.7. The first kappa shape index (κ1) is 14.5. The summed E-state index contributed by atoms with van der Waals surface area (Å²) in [5.74, 6) is -1.21. The van der Waals surface area contributed by atoms with Crippen molar-refractivity contribution in [1.82, 2.24) is 15.1 Å². The lowest BCUT2D eigenvalue weighted by Gasteiger charge is -2.24. The summed E-state index contributed by atoms with van der Waals surface area (Å²) in [7, 11) is 1.88. The molecule has 2 rings (SSSR count). The van der Waals surface area contributed by atoms with Gasteiger partial charge in [0.05, 0.1) is 18.8 Å². The van der Waals surface area contributed by atoms with Crippen molar-refractivity contribution in [3.05, 3.63) is 17.5 Å². The zero-order valence-corrected chi connectivity index (χ0v) is 11.8. The molecule has 0 spiro atoms. The minimum atomic E-state index is -1.28. The van der Waals surface area contributed by atoms with E-state index in [2.05, 4.69) is 10.4 Å². The predicted octanol–water partition coefficient (Wildman–Crippen LogP) is -0.196. The zero-order valence-electron chi connectivity index (χ0n) is 11.8. The summed E-state index contributed by atoms with van der Waals surface area (Å²) in [5, 5.41) is 7.02. The van der Waals surface area contributed by atoms with Crippen LogP contribution in [0.15, 0.2) is 6.20 Å². The van der Waals surface area contributed by atoms with Crippen LogP contribution in [-0.4, -0.2) is 34.3 Å². The van der Waals surface area contributed by atoms with Gasteiger partial charge in [0.1, 0.15) is 0 Å². The number of carbonyl (C=O) groups is 2. The van der Waals surface area contributed by atoms with Crippen LogP contribution in [0, 0.1) is 0 Å². The van der Waals surface area contributed by atoms with Crippen molar-refractivity contribution in [3.63, 3.8) is 0 Å². The van der Waals surface area contributed by atoms with E-state index >= 15 is 0 Å². The molecule has 1 heterocycles. The molecule has 0 aromatic carbocycles. The Balaban J connectivity index is 2.04. The van der Waals surface area contributed by atoms with E-state index in [1.165, 1.54) is 0 Å². The maximum atomic E-state index is 12.0. The third-order valence-electron chi connectivity index (χ3n) is 3.52. The molecule has 1 amide bonds. The van der Waals surface area contributed by atoms with Gasteiger partial charge < -0.3 is 15.8 Å². The first-order valence-corrected chi connectivity index (χ1v) is 6.78. The average Bonchev–Trinajstić information content (AvgIpc) is 2.81. The lowest BCUT2D eigenvalue weighted by Crippen LogP contribution is -2.48. The van der Waals surface area contributed by atoms with Gasteiger partial charge in [0, 0.05) is 18.3 Å². The summed E-state index contributed by atoms with van der Waals surface area (Å²) >= 11 is 0. The molecule has 0 aliphatic heterocycles. The number of aromatic nitrogens is 2. The minimum absolute atomic E-state index is 0.138. The molecule has 7 heteroatoms. The van der Waals surface area contributed by atoms with Crippen molar-refractivity contribution < 1.29 is 14.3 Å². The van der Waals surface area contributed by atoms with Gasteiger partial charge in [-0.3, -0.25) is 9.48 Å². The number of nitrogens with two attached hydrogens (primary N) is 1. The number of ether oxygens (including phenoxy) is 1. The first-order valence-electron chi connectivity index (χ1n) is 6.78. The Labute approximate surface area is 117 Å². The van der Waals surface area contributed by atoms with Crippen molar-refractivity contribution in [2.45, 2.75) is 38.3 Å². The number of rotatable bonds is 4. The molecule has 0 saturated heterocycles. The molecular formula is C13H20N4O3. The molecular weight excluding hydrogens is 260 g/mol. The highest BCUT2D eigenvalue weighted by molar-refractivity contribution is 6.01. The highest BCUT2D eigenvalue weighted by atomic mass is 16.5. The van der Waals surface area contributed by atoms with E-state index in [0.29, 0.717) is 0 Å². The fraction of sp³-hybridized carbons (Fsp3) is 0.615. The van der Waals surface area contributed by atoms with Gasteiger partial charge in [0.2, 0.25) is 5.91 Å². The normalized spacial score (nSPS) is 19.1. The third-order valence-corrected chi connectivity index (χ3v) is 3.52. The van der Waals surface area contributed by atoms with Gasteiger partial charge >= 0.3 is 5.97 Å². The van der Waals surface area contributed by atoms with Gasteiger partial charge in [-0.15, -0.1) is 0 Å². The molecule has 2 unspecified atom stereocenters. The monoisotopic (exact) mass is 280 g/mol. The van der Waals surface area contributed by atoms with Gasteiger partial charge in [-0.05, 0) is 26.2 Å². The Morgan fingerprint density at radius 2 is 2.40 bits per heavy atom. The minimum Gasteiger partial charge on any atom is -0.464 e. The summed E-state index contributed by atoms with van der Waals surface area (Å²) < 4.78 is 6.56. The largest absolute Gasteiger partial charge is 0.464 e. The summed E-state index contributed by atoms with van der Waals surface area (Å²) in [6.45, 7) is 1.88. The van der Waals surface area contributed by atoms with Crippen molar-refractivity contribution in [1.29, 1.82) is 0 Å². The van der Waals surface area contributed by atoms with Crippen LogP contribution in [0.3, 0.4) is 0 Å². The molecule has 3 N–H and O–H groups in total. The number of esters is 1. The molecule has 1 aliphatic carbocycles. The number of nitrogens with zero attached hydrogens (tertiary/aromatic N) is 2. The highest BCUT2D eigenvalue weighted by Gasteiger charge is 2.29. The van der Waals surface area contributed by atoms with Crippen LogP contribution in [0.4, 0.5) is 0 Å². The van der Waals surface area contributed by atoms with E-state index in [-0.39, 0.29) is 12.6 Å². The van der Waals surface area contributed by atoms with E-state index in [0.717, 1.165) is 30.5 Å². The maximum absolute atomic E-state index is 12.0. The van der Waals surface area contributed by atoms with Gasteiger partial charge in [-0.1, -0.05) is 0 Å². The predicted molar refractivity (Wildman–Crippen MR) is 71.6 cm³/mol. The van der Waals surface area contributed by atoms with E-state index in [9.17, 15) is 9.59 Å². The molecule has 2 atom stereocenters. The number of hydrogen-bond acceptors (Lipinski definition) is 5. The number of aryl methyl sites for hydroxylation is 1. The Morgan fingerprint density at radius 1 is 1.65 bits per heavy atom. The molecule has 0 radical (unpaired) electrons. The number of nitrogens with one attached hydrogen (secondary N) is 1. The second-order valence-electron chi connectivity index (χ2n) is 4.85. The van der Waals surface area contributed by atoms with Crippen LogP contribution in [-0.2, 0) is 27.8 Å². The Hall–Kier alpha value is -1.89. The summed E-state index contributed by atoms with van der Waals surface area (Å²) in [6, 6.07) is -1.42. The van der Waals surface area contributed by atoms with Crippen LogP contribution in [0.1, 0.15) is 37.1 Å². The summed E-state index contributed by atoms with van der Waals surface area (Å²) in [6.07, 6.45) is 4.49. The van der Waals surface area contributed by atoms with E-state index < -0.39 is 17.9 Å².